The molecular formula is C20H29F3N2O6. The summed E-state index contributed by atoms with van der Waals surface area (Å²) in [5.74, 6) is 0.662. The number of aliphatic carboxylic acids is 1. The van der Waals surface area contributed by atoms with Gasteiger partial charge in [0.05, 0.1) is 26.4 Å². The molecule has 2 saturated heterocycles. The molecule has 0 saturated carbocycles. The van der Waals surface area contributed by atoms with E-state index in [1.807, 2.05) is 13.0 Å². The molecule has 0 aromatic carbocycles. The van der Waals surface area contributed by atoms with Crippen molar-refractivity contribution in [3.8, 4) is 0 Å². The number of ether oxygens (including phenoxy) is 2. The Morgan fingerprint density at radius 3 is 2.58 bits per heavy atom. The number of hydrogen-bond acceptors (Lipinski definition) is 6. The van der Waals surface area contributed by atoms with Crippen LogP contribution in [0, 0.1) is 24.7 Å². The number of nitrogens with zero attached hydrogens (tertiary/aromatic N) is 1. The molecule has 3 heterocycles. The first-order chi connectivity index (χ1) is 14.6. The molecule has 0 spiro atoms. The summed E-state index contributed by atoms with van der Waals surface area (Å²) in [6.07, 6.45) is -4.54. The SMILES string of the molecule is COCCNC(=O)C[C@@H]1COC[C@H]2CN(Cc3ccc(C)o3)C[C@@H]12.O=C(O)C(F)(F)F. The summed E-state index contributed by atoms with van der Waals surface area (Å²) in [7, 11) is 1.64. The summed E-state index contributed by atoms with van der Waals surface area (Å²) in [5, 5.41) is 10.0. The van der Waals surface area contributed by atoms with Gasteiger partial charge in [0.25, 0.3) is 0 Å². The van der Waals surface area contributed by atoms with E-state index >= 15 is 0 Å². The number of halogens is 3. The second-order valence-electron chi connectivity index (χ2n) is 7.78. The minimum Gasteiger partial charge on any atom is -0.475 e. The van der Waals surface area contributed by atoms with Gasteiger partial charge in [-0.2, -0.15) is 13.2 Å². The van der Waals surface area contributed by atoms with Crippen LogP contribution < -0.4 is 5.32 Å². The lowest BCUT2D eigenvalue weighted by atomic mass is 9.81. The maximum absolute atomic E-state index is 12.1. The summed E-state index contributed by atoms with van der Waals surface area (Å²) in [4.78, 5) is 23.4. The number of aryl methyl sites for hydroxylation is 1. The van der Waals surface area contributed by atoms with E-state index in [2.05, 4.69) is 16.3 Å². The maximum atomic E-state index is 12.1. The largest absolute Gasteiger partial charge is 0.490 e. The molecule has 3 rings (SSSR count). The number of carboxylic acids is 1. The monoisotopic (exact) mass is 450 g/mol. The van der Waals surface area contributed by atoms with Crippen LogP contribution in [0.5, 0.6) is 0 Å². The molecule has 11 heteroatoms. The molecule has 0 aliphatic carbocycles. The van der Waals surface area contributed by atoms with Gasteiger partial charge in [-0.1, -0.05) is 0 Å². The van der Waals surface area contributed by atoms with E-state index in [1.54, 1.807) is 7.11 Å². The zero-order valence-corrected chi connectivity index (χ0v) is 17.6. The molecule has 8 nitrogen and oxygen atoms in total. The number of carbonyl (C=O) groups excluding carboxylic acids is 1. The van der Waals surface area contributed by atoms with E-state index in [1.165, 1.54) is 0 Å². The normalized spacial score (nSPS) is 23.6. The number of methoxy groups -OCH3 is 1. The van der Waals surface area contributed by atoms with Gasteiger partial charge in [-0.25, -0.2) is 4.79 Å². The first kappa shape index (κ1) is 25.2. The Labute approximate surface area is 178 Å². The van der Waals surface area contributed by atoms with E-state index in [4.69, 9.17) is 23.8 Å². The van der Waals surface area contributed by atoms with E-state index in [0.29, 0.717) is 43.9 Å². The Kier molecular flexibility index (Phi) is 9.32. The molecule has 1 aromatic rings. The van der Waals surface area contributed by atoms with Gasteiger partial charge < -0.3 is 24.3 Å². The van der Waals surface area contributed by atoms with Crippen LogP contribution in [0.25, 0.3) is 0 Å². The molecule has 2 fully saturated rings. The number of nitrogens with one attached hydrogen (secondary N) is 1. The predicted octanol–water partition coefficient (Wildman–Crippen LogP) is 2.07. The van der Waals surface area contributed by atoms with E-state index in [-0.39, 0.29) is 5.91 Å². The van der Waals surface area contributed by atoms with Crippen LogP contribution in [0.3, 0.4) is 0 Å². The molecule has 1 amide bonds. The number of alkyl halides is 3. The quantitative estimate of drug-likeness (QED) is 0.614. The lowest BCUT2D eigenvalue weighted by Crippen LogP contribution is -2.38. The second-order valence-corrected chi connectivity index (χ2v) is 7.78. The minimum atomic E-state index is -5.08. The Hall–Kier alpha value is -2.11. The third-order valence-electron chi connectivity index (χ3n) is 5.33. The van der Waals surface area contributed by atoms with Gasteiger partial charge in [-0.3, -0.25) is 9.69 Å². The van der Waals surface area contributed by atoms with Gasteiger partial charge in [0.1, 0.15) is 11.5 Å². The van der Waals surface area contributed by atoms with Crippen molar-refractivity contribution in [2.75, 3.05) is 46.6 Å². The Morgan fingerprint density at radius 1 is 1.29 bits per heavy atom. The number of furan rings is 1. The fourth-order valence-electron chi connectivity index (χ4n) is 3.93. The summed E-state index contributed by atoms with van der Waals surface area (Å²) in [6.45, 7) is 7.46. The third kappa shape index (κ3) is 8.15. The molecule has 0 bridgehead atoms. The van der Waals surface area contributed by atoms with Crippen LogP contribution >= 0.6 is 0 Å². The van der Waals surface area contributed by atoms with Crippen molar-refractivity contribution < 1.29 is 41.8 Å². The third-order valence-corrected chi connectivity index (χ3v) is 5.33. The van der Waals surface area contributed by atoms with Crippen LogP contribution in [0.15, 0.2) is 16.5 Å². The van der Waals surface area contributed by atoms with Gasteiger partial charge in [0.15, 0.2) is 0 Å². The second kappa shape index (κ2) is 11.5. The molecular weight excluding hydrogens is 421 g/mol. The van der Waals surface area contributed by atoms with Crippen molar-refractivity contribution in [3.05, 3.63) is 23.7 Å². The lowest BCUT2D eigenvalue weighted by Gasteiger charge is -2.32. The Balaban J connectivity index is 0.000000423. The first-order valence-corrected chi connectivity index (χ1v) is 10.0. The van der Waals surface area contributed by atoms with Crippen molar-refractivity contribution >= 4 is 11.9 Å². The average molecular weight is 450 g/mol. The molecule has 2 aliphatic heterocycles. The highest BCUT2D eigenvalue weighted by atomic mass is 19.4. The highest BCUT2D eigenvalue weighted by Gasteiger charge is 2.41. The van der Waals surface area contributed by atoms with Gasteiger partial charge in [0, 0.05) is 33.2 Å². The highest BCUT2D eigenvalue weighted by Crippen LogP contribution is 2.36. The number of amides is 1. The number of fused-ring (bicyclic) bond motifs is 1. The van der Waals surface area contributed by atoms with Crippen LogP contribution in [-0.4, -0.2) is 74.6 Å². The Bertz CT molecular complexity index is 724. The Morgan fingerprint density at radius 2 is 2.00 bits per heavy atom. The summed E-state index contributed by atoms with van der Waals surface area (Å²) >= 11 is 0. The van der Waals surface area contributed by atoms with Gasteiger partial charge in [-0.15, -0.1) is 0 Å². The van der Waals surface area contributed by atoms with Crippen molar-refractivity contribution in [2.24, 2.45) is 17.8 Å². The van der Waals surface area contributed by atoms with E-state index in [9.17, 15) is 18.0 Å². The molecule has 3 atom stereocenters. The summed E-state index contributed by atoms with van der Waals surface area (Å²) in [6, 6.07) is 4.06. The van der Waals surface area contributed by atoms with Crippen LogP contribution in [0.4, 0.5) is 13.2 Å². The zero-order chi connectivity index (χ0) is 23.0. The fourth-order valence-corrected chi connectivity index (χ4v) is 3.93. The topological polar surface area (TPSA) is 101 Å². The number of carbonyl (C=O) groups is 2. The molecule has 0 unspecified atom stereocenters. The van der Waals surface area contributed by atoms with Gasteiger partial charge in [0.2, 0.25) is 5.91 Å². The van der Waals surface area contributed by atoms with E-state index in [0.717, 1.165) is 37.8 Å². The van der Waals surface area contributed by atoms with Crippen molar-refractivity contribution in [1.29, 1.82) is 0 Å². The standard InChI is InChI=1S/C18H28N2O4.C2HF3O2/c1-13-3-4-16(24-13)9-20-8-15-12-23-11-14(17(15)10-20)7-18(21)19-5-6-22-2;3-2(4,5)1(6)7/h3-4,14-15,17H,5-12H2,1-2H3,(H,19,21);(H,6,7)/t14-,15-,17+;/m1./s1. The maximum Gasteiger partial charge on any atom is 0.490 e. The zero-order valence-electron chi connectivity index (χ0n) is 17.6. The highest BCUT2D eigenvalue weighted by molar-refractivity contribution is 5.76. The predicted molar refractivity (Wildman–Crippen MR) is 103 cm³/mol. The number of rotatable bonds is 7. The summed E-state index contributed by atoms with van der Waals surface area (Å²) in [5.41, 5.74) is 0. The molecule has 0 radical (unpaired) electrons. The molecule has 31 heavy (non-hydrogen) atoms. The summed E-state index contributed by atoms with van der Waals surface area (Å²) < 4.78 is 48.2. The van der Waals surface area contributed by atoms with Crippen LogP contribution in [0.2, 0.25) is 0 Å². The first-order valence-electron chi connectivity index (χ1n) is 10.0. The minimum absolute atomic E-state index is 0.0985. The van der Waals surface area contributed by atoms with Gasteiger partial charge >= 0.3 is 12.1 Å². The van der Waals surface area contributed by atoms with Crippen molar-refractivity contribution in [1.82, 2.24) is 10.2 Å². The average Bonchev–Trinajstić information content (AvgIpc) is 3.28. The van der Waals surface area contributed by atoms with Crippen LogP contribution in [0.1, 0.15) is 17.9 Å². The number of likely N-dealkylation sites (tertiary alicyclic amines) is 1. The van der Waals surface area contributed by atoms with E-state index < -0.39 is 12.1 Å². The van der Waals surface area contributed by atoms with Crippen LogP contribution in [-0.2, 0) is 25.6 Å². The molecule has 2 aliphatic rings. The lowest BCUT2D eigenvalue weighted by molar-refractivity contribution is -0.192. The van der Waals surface area contributed by atoms with Crippen molar-refractivity contribution in [2.45, 2.75) is 26.1 Å². The molecule has 176 valence electrons. The smallest absolute Gasteiger partial charge is 0.475 e. The molecule has 1 aromatic heterocycles. The number of hydrogen-bond donors (Lipinski definition) is 2. The molecule has 2 N–H and O–H groups in total. The fraction of sp³-hybridized carbons (Fsp3) is 0.700. The van der Waals surface area contributed by atoms with Crippen molar-refractivity contribution in [3.63, 3.8) is 0 Å². The van der Waals surface area contributed by atoms with Gasteiger partial charge in [-0.05, 0) is 36.8 Å². The number of carboxylic acid groups (broad SMARTS) is 1.